The number of carbonyl (C=O) groups is 1. The van der Waals surface area contributed by atoms with Crippen LogP contribution in [0, 0.1) is 6.92 Å². The zero-order valence-electron chi connectivity index (χ0n) is 14.4. The molecule has 0 radical (unpaired) electrons. The van der Waals surface area contributed by atoms with Crippen molar-refractivity contribution in [2.24, 2.45) is 0 Å². The molecule has 0 unspecified atom stereocenters. The monoisotopic (exact) mass is 361 g/mol. The van der Waals surface area contributed by atoms with Crippen LogP contribution in [0.2, 0.25) is 5.02 Å². The third kappa shape index (κ3) is 3.99. The van der Waals surface area contributed by atoms with Crippen LogP contribution < -0.4 is 19.5 Å². The summed E-state index contributed by atoms with van der Waals surface area (Å²) in [6.45, 7) is 6.13. The molecule has 1 N–H and O–H groups in total. The minimum Gasteiger partial charge on any atom is -0.483 e. The van der Waals surface area contributed by atoms with Gasteiger partial charge in [-0.15, -0.1) is 0 Å². The molecule has 0 atom stereocenters. The maximum absolute atomic E-state index is 12.2. The van der Waals surface area contributed by atoms with Crippen molar-refractivity contribution in [1.29, 1.82) is 0 Å². The second-order valence-corrected chi connectivity index (χ2v) is 6.61. The number of rotatable bonds is 5. The van der Waals surface area contributed by atoms with Crippen LogP contribution in [0.1, 0.15) is 30.9 Å². The van der Waals surface area contributed by atoms with E-state index in [1.165, 1.54) is 0 Å². The Kier molecular flexibility index (Phi) is 5.04. The predicted molar refractivity (Wildman–Crippen MR) is 97.0 cm³/mol. The molecule has 1 aliphatic heterocycles. The van der Waals surface area contributed by atoms with Gasteiger partial charge in [-0.3, -0.25) is 4.79 Å². The first-order valence-electron chi connectivity index (χ1n) is 8.06. The highest BCUT2D eigenvalue weighted by Gasteiger charge is 2.15. The van der Waals surface area contributed by atoms with Crippen LogP contribution in [0.25, 0.3) is 0 Å². The molecule has 6 heteroatoms. The SMILES string of the molecule is Cc1cc(OCC(=O)Nc2ccc3c(c2)OCO3)c(C(C)C)cc1Cl. The fourth-order valence-electron chi connectivity index (χ4n) is 2.56. The van der Waals surface area contributed by atoms with E-state index in [9.17, 15) is 4.79 Å². The van der Waals surface area contributed by atoms with Crippen molar-refractivity contribution in [2.75, 3.05) is 18.7 Å². The van der Waals surface area contributed by atoms with Gasteiger partial charge in [-0.05, 0) is 48.2 Å². The van der Waals surface area contributed by atoms with Gasteiger partial charge in [-0.1, -0.05) is 25.4 Å². The predicted octanol–water partition coefficient (Wildman–Crippen LogP) is 4.52. The molecular weight excluding hydrogens is 342 g/mol. The van der Waals surface area contributed by atoms with Crippen LogP contribution in [0.5, 0.6) is 17.2 Å². The zero-order valence-corrected chi connectivity index (χ0v) is 15.1. The molecule has 1 aliphatic rings. The molecule has 0 saturated carbocycles. The van der Waals surface area contributed by atoms with E-state index in [0.717, 1.165) is 11.1 Å². The normalized spacial score (nSPS) is 12.4. The van der Waals surface area contributed by atoms with E-state index < -0.39 is 0 Å². The maximum Gasteiger partial charge on any atom is 0.262 e. The average molecular weight is 362 g/mol. The van der Waals surface area contributed by atoms with Gasteiger partial charge < -0.3 is 19.5 Å². The van der Waals surface area contributed by atoms with E-state index in [1.807, 2.05) is 19.1 Å². The number of anilines is 1. The third-order valence-corrected chi connectivity index (χ3v) is 4.34. The molecule has 5 nitrogen and oxygen atoms in total. The largest absolute Gasteiger partial charge is 0.483 e. The summed E-state index contributed by atoms with van der Waals surface area (Å²) in [7, 11) is 0. The van der Waals surface area contributed by atoms with Gasteiger partial charge in [0.2, 0.25) is 6.79 Å². The Bertz CT molecular complexity index is 804. The highest BCUT2D eigenvalue weighted by Crippen LogP contribution is 2.34. The number of hydrogen-bond acceptors (Lipinski definition) is 4. The van der Waals surface area contributed by atoms with Crippen LogP contribution in [0.4, 0.5) is 5.69 Å². The molecular formula is C19H20ClNO4. The van der Waals surface area contributed by atoms with E-state index in [4.69, 9.17) is 25.8 Å². The molecule has 132 valence electrons. The van der Waals surface area contributed by atoms with E-state index >= 15 is 0 Å². The fourth-order valence-corrected chi connectivity index (χ4v) is 2.73. The zero-order chi connectivity index (χ0) is 18.0. The number of hydrogen-bond donors (Lipinski definition) is 1. The highest BCUT2D eigenvalue weighted by molar-refractivity contribution is 6.31. The summed E-state index contributed by atoms with van der Waals surface area (Å²) in [6, 6.07) is 9.01. The van der Waals surface area contributed by atoms with Crippen molar-refractivity contribution >= 4 is 23.2 Å². The Morgan fingerprint density at radius 2 is 2.00 bits per heavy atom. The minimum absolute atomic E-state index is 0.0881. The topological polar surface area (TPSA) is 56.8 Å². The van der Waals surface area contributed by atoms with Gasteiger partial charge in [0.15, 0.2) is 18.1 Å². The van der Waals surface area contributed by atoms with Crippen LogP contribution in [0.3, 0.4) is 0 Å². The molecule has 1 heterocycles. The number of carbonyl (C=O) groups excluding carboxylic acids is 1. The fraction of sp³-hybridized carbons (Fsp3) is 0.316. The van der Waals surface area contributed by atoms with Crippen molar-refractivity contribution < 1.29 is 19.0 Å². The van der Waals surface area contributed by atoms with Gasteiger partial charge in [0.05, 0.1) is 0 Å². The summed E-state index contributed by atoms with van der Waals surface area (Å²) in [5.74, 6) is 1.96. The minimum atomic E-state index is -0.249. The Balaban J connectivity index is 1.65. The molecule has 0 saturated heterocycles. The van der Waals surface area contributed by atoms with Gasteiger partial charge in [0.25, 0.3) is 5.91 Å². The van der Waals surface area contributed by atoms with Gasteiger partial charge in [0.1, 0.15) is 5.75 Å². The number of amides is 1. The van der Waals surface area contributed by atoms with Crippen LogP contribution >= 0.6 is 11.6 Å². The standard InChI is InChI=1S/C19H20ClNO4/c1-11(2)14-8-15(20)12(3)6-17(14)23-9-19(22)21-13-4-5-16-18(7-13)25-10-24-16/h4-8,11H,9-10H2,1-3H3,(H,21,22). The average Bonchev–Trinajstić information content (AvgIpc) is 3.03. The van der Waals surface area contributed by atoms with Gasteiger partial charge in [-0.25, -0.2) is 0 Å². The number of fused-ring (bicyclic) bond motifs is 1. The number of nitrogens with one attached hydrogen (secondary N) is 1. The first-order chi connectivity index (χ1) is 11.9. The maximum atomic E-state index is 12.2. The summed E-state index contributed by atoms with van der Waals surface area (Å²) in [4.78, 5) is 12.2. The number of aryl methyl sites for hydroxylation is 1. The van der Waals surface area contributed by atoms with Crippen LogP contribution in [-0.2, 0) is 4.79 Å². The van der Waals surface area contributed by atoms with Crippen molar-refractivity contribution in [1.82, 2.24) is 0 Å². The lowest BCUT2D eigenvalue weighted by Crippen LogP contribution is -2.20. The van der Waals surface area contributed by atoms with Crippen LogP contribution in [-0.4, -0.2) is 19.3 Å². The van der Waals surface area contributed by atoms with Crippen molar-refractivity contribution in [3.05, 3.63) is 46.5 Å². The molecule has 0 bridgehead atoms. The molecule has 0 aromatic heterocycles. The summed E-state index contributed by atoms with van der Waals surface area (Å²) in [5, 5.41) is 3.49. The molecule has 0 fully saturated rings. The van der Waals surface area contributed by atoms with Crippen molar-refractivity contribution in [2.45, 2.75) is 26.7 Å². The number of benzene rings is 2. The molecule has 1 amide bonds. The lowest BCUT2D eigenvalue weighted by Gasteiger charge is -2.16. The highest BCUT2D eigenvalue weighted by atomic mass is 35.5. The molecule has 25 heavy (non-hydrogen) atoms. The molecule has 0 spiro atoms. The Morgan fingerprint density at radius 1 is 1.24 bits per heavy atom. The Labute approximate surface area is 151 Å². The smallest absolute Gasteiger partial charge is 0.262 e. The molecule has 3 rings (SSSR count). The van der Waals surface area contributed by atoms with Gasteiger partial charge >= 0.3 is 0 Å². The summed E-state index contributed by atoms with van der Waals surface area (Å²) >= 11 is 6.19. The third-order valence-electron chi connectivity index (χ3n) is 3.93. The molecule has 0 aliphatic carbocycles. The summed E-state index contributed by atoms with van der Waals surface area (Å²) in [5.41, 5.74) is 2.53. The number of ether oxygens (including phenoxy) is 3. The van der Waals surface area contributed by atoms with E-state index in [1.54, 1.807) is 18.2 Å². The second kappa shape index (κ2) is 7.23. The van der Waals surface area contributed by atoms with Crippen LogP contribution in [0.15, 0.2) is 30.3 Å². The quantitative estimate of drug-likeness (QED) is 0.850. The molecule has 2 aromatic carbocycles. The van der Waals surface area contributed by atoms with E-state index in [2.05, 4.69) is 19.2 Å². The van der Waals surface area contributed by atoms with Gasteiger partial charge in [0, 0.05) is 16.8 Å². The summed E-state index contributed by atoms with van der Waals surface area (Å²) < 4.78 is 16.3. The van der Waals surface area contributed by atoms with E-state index in [0.29, 0.717) is 28.0 Å². The van der Waals surface area contributed by atoms with Gasteiger partial charge in [-0.2, -0.15) is 0 Å². The Morgan fingerprint density at radius 3 is 2.76 bits per heavy atom. The second-order valence-electron chi connectivity index (χ2n) is 6.20. The first kappa shape index (κ1) is 17.4. The Hall–Kier alpha value is -2.40. The lowest BCUT2D eigenvalue weighted by molar-refractivity contribution is -0.118. The van der Waals surface area contributed by atoms with Crippen molar-refractivity contribution in [3.8, 4) is 17.2 Å². The number of halogens is 1. The van der Waals surface area contributed by atoms with E-state index in [-0.39, 0.29) is 25.2 Å². The van der Waals surface area contributed by atoms with Crippen molar-refractivity contribution in [3.63, 3.8) is 0 Å². The molecule has 2 aromatic rings. The lowest BCUT2D eigenvalue weighted by atomic mass is 10.0. The summed E-state index contributed by atoms with van der Waals surface area (Å²) in [6.07, 6.45) is 0. The first-order valence-corrected chi connectivity index (χ1v) is 8.44.